The number of alkyl halides is 6. The van der Waals surface area contributed by atoms with Gasteiger partial charge in [0.05, 0.1) is 17.2 Å². The SMILES string of the molecule is COC1CCN(C(=O)Nc2cc(C(F)(F)F)cc(C(F)(F)F)c2)CC1. The lowest BCUT2D eigenvalue weighted by molar-refractivity contribution is -0.143. The molecule has 0 aliphatic carbocycles. The van der Waals surface area contributed by atoms with Crippen molar-refractivity contribution in [3.63, 3.8) is 0 Å². The van der Waals surface area contributed by atoms with Crippen LogP contribution in [-0.2, 0) is 17.1 Å². The number of amides is 2. The number of carbonyl (C=O) groups excluding carboxylic acids is 1. The summed E-state index contributed by atoms with van der Waals surface area (Å²) in [5.41, 5.74) is -3.51. The van der Waals surface area contributed by atoms with Crippen LogP contribution in [0.15, 0.2) is 18.2 Å². The van der Waals surface area contributed by atoms with Gasteiger partial charge in [-0.15, -0.1) is 0 Å². The second-order valence-corrected chi connectivity index (χ2v) is 5.65. The topological polar surface area (TPSA) is 41.6 Å². The summed E-state index contributed by atoms with van der Waals surface area (Å²) in [4.78, 5) is 13.4. The molecule has 1 fully saturated rings. The molecule has 10 heteroatoms. The van der Waals surface area contributed by atoms with Crippen molar-refractivity contribution in [3.05, 3.63) is 29.3 Å². The molecule has 1 aromatic carbocycles. The summed E-state index contributed by atoms with van der Waals surface area (Å²) in [6.07, 6.45) is -8.86. The van der Waals surface area contributed by atoms with Gasteiger partial charge in [-0.1, -0.05) is 0 Å². The average molecular weight is 370 g/mol. The van der Waals surface area contributed by atoms with Gasteiger partial charge in [0.15, 0.2) is 0 Å². The molecule has 1 aliphatic rings. The Hall–Kier alpha value is -1.97. The van der Waals surface area contributed by atoms with Gasteiger partial charge in [-0.05, 0) is 31.0 Å². The highest BCUT2D eigenvalue weighted by molar-refractivity contribution is 5.89. The summed E-state index contributed by atoms with van der Waals surface area (Å²) in [5, 5.41) is 2.12. The molecule has 0 saturated carbocycles. The fraction of sp³-hybridized carbons (Fsp3) is 0.533. The number of nitrogens with zero attached hydrogens (tertiary/aromatic N) is 1. The number of halogens is 6. The molecule has 2 rings (SSSR count). The summed E-state index contributed by atoms with van der Waals surface area (Å²) >= 11 is 0. The molecule has 0 spiro atoms. The first-order valence-electron chi connectivity index (χ1n) is 7.39. The maximum Gasteiger partial charge on any atom is 0.416 e. The number of carbonyl (C=O) groups is 1. The summed E-state index contributed by atoms with van der Waals surface area (Å²) < 4.78 is 82.0. The summed E-state index contributed by atoms with van der Waals surface area (Å²) in [6, 6.07) is 0.228. The molecule has 1 N–H and O–H groups in total. The minimum absolute atomic E-state index is 0.0136. The zero-order valence-corrected chi connectivity index (χ0v) is 13.2. The Morgan fingerprint density at radius 1 is 1.04 bits per heavy atom. The van der Waals surface area contributed by atoms with E-state index in [0.717, 1.165) is 0 Å². The van der Waals surface area contributed by atoms with E-state index in [2.05, 4.69) is 5.32 Å². The number of methoxy groups -OCH3 is 1. The Morgan fingerprint density at radius 2 is 1.52 bits per heavy atom. The van der Waals surface area contributed by atoms with E-state index in [0.29, 0.717) is 38.1 Å². The molecule has 1 aromatic rings. The zero-order chi connectivity index (χ0) is 18.8. The fourth-order valence-corrected chi connectivity index (χ4v) is 2.52. The van der Waals surface area contributed by atoms with Crippen molar-refractivity contribution in [2.75, 3.05) is 25.5 Å². The van der Waals surface area contributed by atoms with E-state index in [1.165, 1.54) is 12.0 Å². The largest absolute Gasteiger partial charge is 0.416 e. The van der Waals surface area contributed by atoms with Crippen LogP contribution >= 0.6 is 0 Å². The van der Waals surface area contributed by atoms with Crippen molar-refractivity contribution >= 4 is 11.7 Å². The van der Waals surface area contributed by atoms with Crippen molar-refractivity contribution in [1.82, 2.24) is 4.90 Å². The van der Waals surface area contributed by atoms with Gasteiger partial charge in [0, 0.05) is 25.9 Å². The Bertz CT molecular complexity index is 589. The minimum atomic E-state index is -4.96. The quantitative estimate of drug-likeness (QED) is 0.786. The van der Waals surface area contributed by atoms with Gasteiger partial charge < -0.3 is 15.0 Å². The molecule has 4 nitrogen and oxygen atoms in total. The predicted molar refractivity (Wildman–Crippen MR) is 77.1 cm³/mol. The van der Waals surface area contributed by atoms with Gasteiger partial charge in [-0.2, -0.15) is 26.3 Å². The van der Waals surface area contributed by atoms with Crippen LogP contribution in [0.1, 0.15) is 24.0 Å². The molecule has 0 radical (unpaired) electrons. The molecule has 0 bridgehead atoms. The molecule has 25 heavy (non-hydrogen) atoms. The van der Waals surface area contributed by atoms with Crippen LogP contribution < -0.4 is 5.32 Å². The number of hydrogen-bond donors (Lipinski definition) is 1. The number of ether oxygens (including phenoxy) is 1. The van der Waals surface area contributed by atoms with Crippen LogP contribution in [0, 0.1) is 0 Å². The molecule has 0 atom stereocenters. The molecule has 1 saturated heterocycles. The molecule has 1 aliphatic heterocycles. The van der Waals surface area contributed by atoms with E-state index in [1.54, 1.807) is 0 Å². The van der Waals surface area contributed by atoms with E-state index in [4.69, 9.17) is 4.74 Å². The first kappa shape index (κ1) is 19.4. The van der Waals surface area contributed by atoms with Crippen LogP contribution in [0.25, 0.3) is 0 Å². The van der Waals surface area contributed by atoms with Gasteiger partial charge in [-0.25, -0.2) is 4.79 Å². The first-order valence-corrected chi connectivity index (χ1v) is 7.39. The molecule has 0 aromatic heterocycles. The van der Waals surface area contributed by atoms with Crippen molar-refractivity contribution in [2.24, 2.45) is 0 Å². The molecule has 2 amide bonds. The lowest BCUT2D eigenvalue weighted by atomic mass is 10.1. The van der Waals surface area contributed by atoms with E-state index in [-0.39, 0.29) is 12.2 Å². The van der Waals surface area contributed by atoms with Crippen molar-refractivity contribution in [2.45, 2.75) is 31.3 Å². The van der Waals surface area contributed by atoms with Crippen molar-refractivity contribution in [3.8, 4) is 0 Å². The Labute approximate surface area is 139 Å². The third-order valence-electron chi connectivity index (χ3n) is 3.90. The summed E-state index contributed by atoms with van der Waals surface area (Å²) in [6.45, 7) is 0.602. The van der Waals surface area contributed by atoms with Gasteiger partial charge in [0.2, 0.25) is 0 Å². The second kappa shape index (κ2) is 7.11. The number of anilines is 1. The Balaban J connectivity index is 2.19. The fourth-order valence-electron chi connectivity index (χ4n) is 2.52. The number of urea groups is 1. The van der Waals surface area contributed by atoms with Crippen LogP contribution in [0.3, 0.4) is 0 Å². The summed E-state index contributed by atoms with van der Waals surface area (Å²) in [5.74, 6) is 0. The normalized spacial score (nSPS) is 16.8. The Morgan fingerprint density at radius 3 is 1.92 bits per heavy atom. The van der Waals surface area contributed by atoms with Gasteiger partial charge in [-0.3, -0.25) is 0 Å². The maximum absolute atomic E-state index is 12.8. The van der Waals surface area contributed by atoms with Crippen LogP contribution in [0.2, 0.25) is 0 Å². The standard InChI is InChI=1S/C15H16F6N2O2/c1-25-12-2-4-23(5-3-12)13(24)22-11-7-9(14(16,17)18)6-10(8-11)15(19,20)21/h6-8,12H,2-5H2,1H3,(H,22,24). The number of piperidine rings is 1. The smallest absolute Gasteiger partial charge is 0.381 e. The number of hydrogen-bond acceptors (Lipinski definition) is 2. The maximum atomic E-state index is 12.8. The molecular formula is C15H16F6N2O2. The number of benzene rings is 1. The van der Waals surface area contributed by atoms with Gasteiger partial charge in [0.1, 0.15) is 0 Å². The molecule has 140 valence electrons. The van der Waals surface area contributed by atoms with E-state index >= 15 is 0 Å². The zero-order valence-electron chi connectivity index (χ0n) is 13.2. The van der Waals surface area contributed by atoms with Gasteiger partial charge >= 0.3 is 18.4 Å². The highest BCUT2D eigenvalue weighted by atomic mass is 19.4. The van der Waals surface area contributed by atoms with Gasteiger partial charge in [0.25, 0.3) is 0 Å². The van der Waals surface area contributed by atoms with E-state index in [9.17, 15) is 31.1 Å². The third-order valence-corrected chi connectivity index (χ3v) is 3.90. The lowest BCUT2D eigenvalue weighted by Gasteiger charge is -2.31. The number of rotatable bonds is 2. The Kier molecular flexibility index (Phi) is 5.50. The molecule has 0 unspecified atom stereocenters. The summed E-state index contributed by atoms with van der Waals surface area (Å²) in [7, 11) is 1.53. The highest BCUT2D eigenvalue weighted by Crippen LogP contribution is 2.37. The van der Waals surface area contributed by atoms with E-state index < -0.39 is 35.2 Å². The average Bonchev–Trinajstić information content (AvgIpc) is 2.53. The van der Waals surface area contributed by atoms with E-state index in [1.807, 2.05) is 0 Å². The number of nitrogens with one attached hydrogen (secondary N) is 1. The monoisotopic (exact) mass is 370 g/mol. The third kappa shape index (κ3) is 5.00. The van der Waals surface area contributed by atoms with Crippen molar-refractivity contribution in [1.29, 1.82) is 0 Å². The highest BCUT2D eigenvalue weighted by Gasteiger charge is 2.37. The van der Waals surface area contributed by atoms with Crippen LogP contribution in [-0.4, -0.2) is 37.2 Å². The first-order chi connectivity index (χ1) is 11.5. The van der Waals surface area contributed by atoms with Crippen molar-refractivity contribution < 1.29 is 35.9 Å². The van der Waals surface area contributed by atoms with Crippen LogP contribution in [0.5, 0.6) is 0 Å². The predicted octanol–water partition coefficient (Wildman–Crippen LogP) is 4.37. The number of likely N-dealkylation sites (tertiary alicyclic amines) is 1. The van der Waals surface area contributed by atoms with Crippen LogP contribution in [0.4, 0.5) is 36.8 Å². The molecular weight excluding hydrogens is 354 g/mol. The lowest BCUT2D eigenvalue weighted by Crippen LogP contribution is -2.42. The minimum Gasteiger partial charge on any atom is -0.381 e. The molecule has 1 heterocycles. The second-order valence-electron chi connectivity index (χ2n) is 5.65.